The van der Waals surface area contributed by atoms with Crippen molar-refractivity contribution >= 4 is 45.5 Å². The maximum absolute atomic E-state index is 11.7. The first-order valence-electron chi connectivity index (χ1n) is 9.82. The smallest absolute Gasteiger partial charge is 0.338 e. The van der Waals surface area contributed by atoms with Crippen molar-refractivity contribution in [1.82, 2.24) is 0 Å². The SMILES string of the molecule is O=C(O)c1cc(-c2ccc(OCc3c(Cl)cccc3Cl)cc2)sc1NCc1ccccc1. The third-order valence-corrected chi connectivity index (χ3v) is 6.69. The van der Waals surface area contributed by atoms with Gasteiger partial charge in [0.2, 0.25) is 0 Å². The van der Waals surface area contributed by atoms with E-state index in [1.165, 1.54) is 11.3 Å². The summed E-state index contributed by atoms with van der Waals surface area (Å²) in [7, 11) is 0. The van der Waals surface area contributed by atoms with E-state index in [2.05, 4.69) is 5.32 Å². The van der Waals surface area contributed by atoms with Gasteiger partial charge in [-0.2, -0.15) is 0 Å². The van der Waals surface area contributed by atoms with Crippen LogP contribution < -0.4 is 10.1 Å². The summed E-state index contributed by atoms with van der Waals surface area (Å²) in [6.45, 7) is 0.812. The van der Waals surface area contributed by atoms with Gasteiger partial charge in [-0.05, 0) is 53.6 Å². The first kappa shape index (κ1) is 22.2. The second-order valence-corrected chi connectivity index (χ2v) is 8.88. The number of halogens is 2. The van der Waals surface area contributed by atoms with Crippen LogP contribution in [0.2, 0.25) is 10.0 Å². The minimum absolute atomic E-state index is 0.258. The fourth-order valence-corrected chi connectivity index (χ4v) is 4.70. The molecule has 0 aliphatic rings. The van der Waals surface area contributed by atoms with E-state index in [-0.39, 0.29) is 12.2 Å². The lowest BCUT2D eigenvalue weighted by atomic mass is 10.1. The van der Waals surface area contributed by atoms with E-state index in [4.69, 9.17) is 27.9 Å². The molecule has 0 aliphatic carbocycles. The molecule has 1 aromatic heterocycles. The number of hydrogen-bond donors (Lipinski definition) is 2. The Morgan fingerprint density at radius 2 is 1.62 bits per heavy atom. The Hall–Kier alpha value is -2.99. The van der Waals surface area contributed by atoms with Crippen LogP contribution in [0.15, 0.2) is 78.9 Å². The number of aromatic carboxylic acids is 1. The van der Waals surface area contributed by atoms with Gasteiger partial charge in [0.15, 0.2) is 0 Å². The van der Waals surface area contributed by atoms with Crippen molar-refractivity contribution in [2.24, 2.45) is 0 Å². The molecule has 0 radical (unpaired) electrons. The summed E-state index contributed by atoms with van der Waals surface area (Å²) in [5.41, 5.74) is 2.99. The second-order valence-electron chi connectivity index (χ2n) is 7.01. The van der Waals surface area contributed by atoms with Gasteiger partial charge in [0.05, 0.1) is 5.56 Å². The molecule has 0 bridgehead atoms. The molecule has 7 heteroatoms. The number of hydrogen-bond acceptors (Lipinski definition) is 4. The van der Waals surface area contributed by atoms with Gasteiger partial charge in [-0.1, -0.05) is 59.6 Å². The lowest BCUT2D eigenvalue weighted by Gasteiger charge is -2.10. The van der Waals surface area contributed by atoms with Crippen molar-refractivity contribution < 1.29 is 14.6 Å². The molecule has 1 heterocycles. The molecule has 162 valence electrons. The van der Waals surface area contributed by atoms with Crippen LogP contribution in [0.4, 0.5) is 5.00 Å². The van der Waals surface area contributed by atoms with Crippen LogP contribution in [0.3, 0.4) is 0 Å². The third-order valence-electron chi connectivity index (χ3n) is 4.84. The number of nitrogens with one attached hydrogen (secondary N) is 1. The van der Waals surface area contributed by atoms with Crippen LogP contribution in [0, 0.1) is 0 Å². The highest BCUT2D eigenvalue weighted by Gasteiger charge is 2.16. The van der Waals surface area contributed by atoms with E-state index in [0.29, 0.717) is 27.3 Å². The Balaban J connectivity index is 1.48. The number of carbonyl (C=O) groups is 1. The maximum Gasteiger partial charge on any atom is 0.338 e. The molecule has 32 heavy (non-hydrogen) atoms. The topological polar surface area (TPSA) is 58.6 Å². The predicted octanol–water partition coefficient (Wildman–Crippen LogP) is 7.61. The third kappa shape index (κ3) is 5.25. The van der Waals surface area contributed by atoms with Crippen LogP contribution >= 0.6 is 34.5 Å². The van der Waals surface area contributed by atoms with E-state index in [1.54, 1.807) is 24.3 Å². The van der Waals surface area contributed by atoms with Gasteiger partial charge >= 0.3 is 5.97 Å². The predicted molar refractivity (Wildman–Crippen MR) is 131 cm³/mol. The standard InChI is InChI=1S/C25H19Cl2NO3S/c26-21-7-4-8-22(27)20(21)15-31-18-11-9-17(10-12-18)23-13-19(25(29)30)24(32-23)28-14-16-5-2-1-3-6-16/h1-13,28H,14-15H2,(H,29,30). The zero-order chi connectivity index (χ0) is 22.5. The molecule has 0 spiro atoms. The summed E-state index contributed by atoms with van der Waals surface area (Å²) >= 11 is 13.8. The Morgan fingerprint density at radius 3 is 2.28 bits per heavy atom. The first-order chi connectivity index (χ1) is 15.5. The van der Waals surface area contributed by atoms with Gasteiger partial charge in [0, 0.05) is 27.0 Å². The highest BCUT2D eigenvalue weighted by Crippen LogP contribution is 2.36. The highest BCUT2D eigenvalue weighted by atomic mass is 35.5. The van der Waals surface area contributed by atoms with Crippen molar-refractivity contribution in [3.63, 3.8) is 0 Å². The second kappa shape index (κ2) is 10.1. The molecule has 0 atom stereocenters. The van der Waals surface area contributed by atoms with Crippen LogP contribution in [-0.2, 0) is 13.2 Å². The molecule has 4 aromatic rings. The van der Waals surface area contributed by atoms with Crippen molar-refractivity contribution in [3.05, 3.63) is 106 Å². The summed E-state index contributed by atoms with van der Waals surface area (Å²) in [6, 6.07) is 24.4. The zero-order valence-electron chi connectivity index (χ0n) is 16.8. The molecule has 0 saturated carbocycles. The lowest BCUT2D eigenvalue weighted by molar-refractivity contribution is 0.0698. The van der Waals surface area contributed by atoms with Gasteiger partial charge < -0.3 is 15.2 Å². The average molecular weight is 484 g/mol. The van der Waals surface area contributed by atoms with Crippen molar-refractivity contribution in [2.45, 2.75) is 13.2 Å². The van der Waals surface area contributed by atoms with Crippen LogP contribution in [-0.4, -0.2) is 11.1 Å². The number of anilines is 1. The van der Waals surface area contributed by atoms with Crippen LogP contribution in [0.5, 0.6) is 5.75 Å². The summed E-state index contributed by atoms with van der Waals surface area (Å²) in [4.78, 5) is 12.6. The van der Waals surface area contributed by atoms with Crippen molar-refractivity contribution in [3.8, 4) is 16.2 Å². The molecule has 4 rings (SSSR count). The largest absolute Gasteiger partial charge is 0.489 e. The molecular weight excluding hydrogens is 465 g/mol. The Bertz CT molecular complexity index is 1200. The molecule has 0 amide bonds. The lowest BCUT2D eigenvalue weighted by Crippen LogP contribution is -2.03. The van der Waals surface area contributed by atoms with Gasteiger partial charge in [-0.15, -0.1) is 11.3 Å². The van der Waals surface area contributed by atoms with Gasteiger partial charge in [-0.3, -0.25) is 0 Å². The number of rotatable bonds is 8. The van der Waals surface area contributed by atoms with Crippen molar-refractivity contribution in [1.29, 1.82) is 0 Å². The Morgan fingerprint density at radius 1 is 0.938 bits per heavy atom. The molecular formula is C25H19Cl2NO3S. The molecule has 2 N–H and O–H groups in total. The Kier molecular flexibility index (Phi) is 7.00. The Labute approximate surface area is 200 Å². The molecule has 0 aliphatic heterocycles. The molecule has 3 aromatic carbocycles. The fourth-order valence-electron chi connectivity index (χ4n) is 3.14. The van der Waals surface area contributed by atoms with E-state index in [0.717, 1.165) is 21.6 Å². The van der Waals surface area contributed by atoms with Gasteiger partial charge in [-0.25, -0.2) is 4.79 Å². The van der Waals surface area contributed by atoms with E-state index >= 15 is 0 Å². The molecule has 0 unspecified atom stereocenters. The summed E-state index contributed by atoms with van der Waals surface area (Å²) in [5, 5.41) is 14.6. The summed E-state index contributed by atoms with van der Waals surface area (Å²) < 4.78 is 5.83. The molecule has 0 saturated heterocycles. The summed E-state index contributed by atoms with van der Waals surface area (Å²) in [5.74, 6) is -0.290. The minimum atomic E-state index is -0.959. The quantitative estimate of drug-likeness (QED) is 0.270. The summed E-state index contributed by atoms with van der Waals surface area (Å²) in [6.07, 6.45) is 0. The minimum Gasteiger partial charge on any atom is -0.489 e. The first-order valence-corrected chi connectivity index (χ1v) is 11.4. The van der Waals surface area contributed by atoms with Gasteiger partial charge in [0.1, 0.15) is 17.4 Å². The van der Waals surface area contributed by atoms with Crippen molar-refractivity contribution in [2.75, 3.05) is 5.32 Å². The average Bonchev–Trinajstić information content (AvgIpc) is 3.23. The maximum atomic E-state index is 11.7. The number of thiophene rings is 1. The molecule has 0 fully saturated rings. The van der Waals surface area contributed by atoms with Crippen LogP contribution in [0.1, 0.15) is 21.5 Å². The number of carboxylic acids is 1. The molecule has 4 nitrogen and oxygen atoms in total. The van der Waals surface area contributed by atoms with Crippen LogP contribution in [0.25, 0.3) is 10.4 Å². The highest BCUT2D eigenvalue weighted by molar-refractivity contribution is 7.19. The normalized spacial score (nSPS) is 10.7. The van der Waals surface area contributed by atoms with E-state index in [1.807, 2.05) is 54.6 Å². The fraction of sp³-hybridized carbons (Fsp3) is 0.0800. The number of ether oxygens (including phenoxy) is 1. The van der Waals surface area contributed by atoms with Gasteiger partial charge in [0.25, 0.3) is 0 Å². The number of benzene rings is 3. The monoisotopic (exact) mass is 483 g/mol. The van der Waals surface area contributed by atoms with E-state index < -0.39 is 5.97 Å². The zero-order valence-corrected chi connectivity index (χ0v) is 19.2. The van der Waals surface area contributed by atoms with E-state index in [9.17, 15) is 9.90 Å². The number of carboxylic acid groups (broad SMARTS) is 1.